The Morgan fingerprint density at radius 3 is 2.74 bits per heavy atom. The van der Waals surface area contributed by atoms with Crippen molar-refractivity contribution < 1.29 is 14.3 Å². The molecule has 7 nitrogen and oxygen atoms in total. The molecule has 0 saturated heterocycles. The van der Waals surface area contributed by atoms with Crippen molar-refractivity contribution in [1.29, 1.82) is 0 Å². The van der Waals surface area contributed by atoms with Crippen LogP contribution in [0, 0.1) is 6.92 Å². The van der Waals surface area contributed by atoms with Gasteiger partial charge in [-0.1, -0.05) is 11.8 Å². The second kappa shape index (κ2) is 8.45. The van der Waals surface area contributed by atoms with E-state index in [0.717, 1.165) is 11.4 Å². The highest BCUT2D eigenvalue weighted by molar-refractivity contribution is 7.99. The summed E-state index contributed by atoms with van der Waals surface area (Å²) >= 11 is 3.00. The number of thioether (sulfide) groups is 1. The van der Waals surface area contributed by atoms with Crippen LogP contribution in [-0.2, 0) is 11.8 Å². The number of anilines is 1. The Kier molecular flexibility index (Phi) is 6.02. The van der Waals surface area contributed by atoms with Crippen molar-refractivity contribution >= 4 is 34.7 Å². The molecule has 3 aromatic rings. The number of thiophene rings is 1. The second-order valence-corrected chi connectivity index (χ2v) is 7.77. The van der Waals surface area contributed by atoms with Gasteiger partial charge in [0.2, 0.25) is 5.91 Å². The van der Waals surface area contributed by atoms with Crippen LogP contribution in [0.4, 0.5) is 5.69 Å². The third kappa shape index (κ3) is 4.42. The van der Waals surface area contributed by atoms with Gasteiger partial charge in [0.05, 0.1) is 25.7 Å². The fourth-order valence-corrected chi connectivity index (χ4v) is 3.86. The summed E-state index contributed by atoms with van der Waals surface area (Å²) in [6.07, 6.45) is 0. The van der Waals surface area contributed by atoms with Crippen LogP contribution in [0.2, 0.25) is 0 Å². The Labute approximate surface area is 165 Å². The molecule has 2 heterocycles. The zero-order chi connectivity index (χ0) is 19.4. The monoisotopic (exact) mass is 404 g/mol. The van der Waals surface area contributed by atoms with Crippen LogP contribution in [0.25, 0.3) is 11.4 Å². The van der Waals surface area contributed by atoms with Gasteiger partial charge in [-0.15, -0.1) is 21.5 Å². The number of rotatable bonds is 7. The Bertz CT molecular complexity index is 952. The number of ether oxygens (including phenoxy) is 2. The SMILES string of the molecule is COc1ccc(NC(=O)CSc2nnc(-c3csc(C)c3)n2C)c(OC)c1. The maximum atomic E-state index is 12.3. The van der Waals surface area contributed by atoms with E-state index in [1.165, 1.54) is 16.6 Å². The number of amides is 1. The topological polar surface area (TPSA) is 78.3 Å². The van der Waals surface area contributed by atoms with Crippen LogP contribution < -0.4 is 14.8 Å². The highest BCUT2D eigenvalue weighted by atomic mass is 32.2. The van der Waals surface area contributed by atoms with Crippen LogP contribution in [0.1, 0.15) is 4.88 Å². The van der Waals surface area contributed by atoms with E-state index in [1.807, 2.05) is 11.6 Å². The van der Waals surface area contributed by atoms with Crippen molar-refractivity contribution in [2.45, 2.75) is 12.1 Å². The molecule has 0 aliphatic carbocycles. The van der Waals surface area contributed by atoms with Gasteiger partial charge in [0.1, 0.15) is 11.5 Å². The summed E-state index contributed by atoms with van der Waals surface area (Å²) < 4.78 is 12.4. The Morgan fingerprint density at radius 2 is 2.07 bits per heavy atom. The maximum absolute atomic E-state index is 12.3. The standard InChI is InChI=1S/C18H20N4O3S2/c1-11-7-12(9-26-11)17-20-21-18(22(17)2)27-10-16(23)19-14-6-5-13(24-3)8-15(14)25-4/h5-9H,10H2,1-4H3,(H,19,23). The molecule has 3 rings (SSSR count). The summed E-state index contributed by atoms with van der Waals surface area (Å²) in [7, 11) is 5.03. The second-order valence-electron chi connectivity index (χ2n) is 5.71. The minimum Gasteiger partial charge on any atom is -0.497 e. The first-order valence-corrected chi connectivity index (χ1v) is 9.98. The first kappa shape index (κ1) is 19.2. The molecule has 9 heteroatoms. The number of carbonyl (C=O) groups is 1. The molecule has 27 heavy (non-hydrogen) atoms. The molecule has 1 N–H and O–H groups in total. The summed E-state index contributed by atoms with van der Waals surface area (Å²) in [5, 5.41) is 14.0. The van der Waals surface area contributed by atoms with Gasteiger partial charge in [0.25, 0.3) is 0 Å². The fourth-order valence-electron chi connectivity index (χ4n) is 2.47. The molecule has 142 valence electrons. The van der Waals surface area contributed by atoms with Crippen LogP contribution in [-0.4, -0.2) is 40.6 Å². The van der Waals surface area contributed by atoms with E-state index in [4.69, 9.17) is 9.47 Å². The Morgan fingerprint density at radius 1 is 1.26 bits per heavy atom. The van der Waals surface area contributed by atoms with Gasteiger partial charge >= 0.3 is 0 Å². The van der Waals surface area contributed by atoms with Gasteiger partial charge in [-0.2, -0.15) is 0 Å². The summed E-state index contributed by atoms with van der Waals surface area (Å²) in [4.78, 5) is 13.5. The molecule has 0 saturated carbocycles. The lowest BCUT2D eigenvalue weighted by atomic mass is 10.2. The van der Waals surface area contributed by atoms with Crippen molar-refractivity contribution in [3.8, 4) is 22.9 Å². The minimum absolute atomic E-state index is 0.153. The number of carbonyl (C=O) groups excluding carboxylic acids is 1. The number of benzene rings is 1. The van der Waals surface area contributed by atoms with E-state index in [0.29, 0.717) is 22.3 Å². The van der Waals surface area contributed by atoms with Crippen LogP contribution in [0.3, 0.4) is 0 Å². The number of hydrogen-bond acceptors (Lipinski definition) is 7. The lowest BCUT2D eigenvalue weighted by molar-refractivity contribution is -0.113. The molecule has 0 aliphatic heterocycles. The number of aromatic nitrogens is 3. The zero-order valence-electron chi connectivity index (χ0n) is 15.5. The average molecular weight is 405 g/mol. The number of nitrogens with one attached hydrogen (secondary N) is 1. The van der Waals surface area contributed by atoms with E-state index >= 15 is 0 Å². The predicted molar refractivity (Wildman–Crippen MR) is 108 cm³/mol. The predicted octanol–water partition coefficient (Wildman–Crippen LogP) is 3.60. The third-order valence-corrected chi connectivity index (χ3v) is 5.72. The molecule has 0 aliphatic rings. The Hall–Kier alpha value is -2.52. The van der Waals surface area contributed by atoms with Gasteiger partial charge < -0.3 is 19.4 Å². The molecular formula is C18H20N4O3S2. The van der Waals surface area contributed by atoms with E-state index in [-0.39, 0.29) is 11.7 Å². The fraction of sp³-hybridized carbons (Fsp3) is 0.278. The largest absolute Gasteiger partial charge is 0.497 e. The summed E-state index contributed by atoms with van der Waals surface area (Å²) in [6, 6.07) is 7.31. The zero-order valence-corrected chi connectivity index (χ0v) is 17.1. The maximum Gasteiger partial charge on any atom is 0.234 e. The quantitative estimate of drug-likeness (QED) is 0.606. The molecule has 2 aromatic heterocycles. The normalized spacial score (nSPS) is 10.7. The van der Waals surface area contributed by atoms with Crippen molar-refractivity contribution in [2.24, 2.45) is 7.05 Å². The van der Waals surface area contributed by atoms with Crippen molar-refractivity contribution in [3.05, 3.63) is 34.5 Å². The molecule has 0 fully saturated rings. The first-order valence-electron chi connectivity index (χ1n) is 8.11. The van der Waals surface area contributed by atoms with Crippen molar-refractivity contribution in [1.82, 2.24) is 14.8 Å². The third-order valence-electron chi connectivity index (χ3n) is 3.84. The van der Waals surface area contributed by atoms with E-state index < -0.39 is 0 Å². The molecule has 0 radical (unpaired) electrons. The number of aryl methyl sites for hydroxylation is 1. The first-order chi connectivity index (χ1) is 13.0. The van der Waals surface area contributed by atoms with Gasteiger partial charge in [-0.05, 0) is 25.1 Å². The van der Waals surface area contributed by atoms with Gasteiger partial charge in [0.15, 0.2) is 11.0 Å². The molecule has 0 atom stereocenters. The number of nitrogens with zero attached hydrogens (tertiary/aromatic N) is 3. The molecular weight excluding hydrogens is 384 g/mol. The number of methoxy groups -OCH3 is 2. The van der Waals surface area contributed by atoms with E-state index in [9.17, 15) is 4.79 Å². The highest BCUT2D eigenvalue weighted by Gasteiger charge is 2.15. The number of hydrogen-bond donors (Lipinski definition) is 1. The lowest BCUT2D eigenvalue weighted by Gasteiger charge is -2.11. The van der Waals surface area contributed by atoms with Gasteiger partial charge in [-0.25, -0.2) is 0 Å². The van der Waals surface area contributed by atoms with Gasteiger partial charge in [-0.3, -0.25) is 4.79 Å². The highest BCUT2D eigenvalue weighted by Crippen LogP contribution is 2.30. The van der Waals surface area contributed by atoms with Gasteiger partial charge in [0, 0.05) is 28.9 Å². The van der Waals surface area contributed by atoms with Crippen molar-refractivity contribution in [2.75, 3.05) is 25.3 Å². The summed E-state index contributed by atoms with van der Waals surface area (Å²) in [5.41, 5.74) is 1.63. The van der Waals surface area contributed by atoms with E-state index in [1.54, 1.807) is 43.8 Å². The molecule has 0 spiro atoms. The van der Waals surface area contributed by atoms with Crippen LogP contribution in [0.5, 0.6) is 11.5 Å². The molecule has 1 amide bonds. The van der Waals surface area contributed by atoms with Crippen LogP contribution >= 0.6 is 23.1 Å². The van der Waals surface area contributed by atoms with E-state index in [2.05, 4.69) is 33.9 Å². The molecule has 0 bridgehead atoms. The minimum atomic E-state index is -0.153. The lowest BCUT2D eigenvalue weighted by Crippen LogP contribution is -2.15. The average Bonchev–Trinajstić information content (AvgIpc) is 3.25. The van der Waals surface area contributed by atoms with Crippen LogP contribution in [0.15, 0.2) is 34.8 Å². The smallest absolute Gasteiger partial charge is 0.234 e. The Balaban J connectivity index is 1.64. The summed E-state index contributed by atoms with van der Waals surface area (Å²) in [5.74, 6) is 2.05. The molecule has 0 unspecified atom stereocenters. The molecule has 1 aromatic carbocycles. The summed E-state index contributed by atoms with van der Waals surface area (Å²) in [6.45, 7) is 2.05. The van der Waals surface area contributed by atoms with Crippen molar-refractivity contribution in [3.63, 3.8) is 0 Å².